The summed E-state index contributed by atoms with van der Waals surface area (Å²) in [5, 5.41) is 13.9. The molecule has 8 heteroatoms. The number of benzene rings is 1. The predicted molar refractivity (Wildman–Crippen MR) is 90.6 cm³/mol. The number of ether oxygens (including phenoxy) is 1. The highest BCUT2D eigenvalue weighted by atomic mass is 16.6. The number of nitrogens with zero attached hydrogens (tertiary/aromatic N) is 2. The minimum Gasteiger partial charge on any atom is -0.490 e. The van der Waals surface area contributed by atoms with Crippen LogP contribution in [-0.4, -0.2) is 30.5 Å². The lowest BCUT2D eigenvalue weighted by Crippen LogP contribution is -2.43. The zero-order valence-corrected chi connectivity index (χ0v) is 13.8. The Hall–Kier alpha value is -3.03. The third-order valence-corrected chi connectivity index (χ3v) is 4.26. The van der Waals surface area contributed by atoms with Crippen molar-refractivity contribution >= 4 is 17.3 Å². The number of methoxy groups -OCH3 is 1. The van der Waals surface area contributed by atoms with Gasteiger partial charge in [-0.05, 0) is 31.0 Å². The standard InChI is InChI=1S/C17H19N3O5/c1-24-16-10-12(6-7-14(16)20(22)23)19-8-2-5-15(19)17(21)18-11-13-4-3-9-25-13/h3-4,6-7,9-10,15H,2,5,8,11H2,1H3,(H,18,21)/t15-/m0/s1. The number of carbonyl (C=O) groups is 1. The number of nitro groups is 1. The molecule has 0 spiro atoms. The van der Waals surface area contributed by atoms with Gasteiger partial charge in [-0.2, -0.15) is 0 Å². The Morgan fingerprint density at radius 1 is 1.48 bits per heavy atom. The van der Waals surface area contributed by atoms with Crippen molar-refractivity contribution in [2.24, 2.45) is 0 Å². The van der Waals surface area contributed by atoms with Gasteiger partial charge in [0.15, 0.2) is 5.75 Å². The Morgan fingerprint density at radius 2 is 2.32 bits per heavy atom. The average molecular weight is 345 g/mol. The van der Waals surface area contributed by atoms with E-state index in [-0.39, 0.29) is 23.4 Å². The van der Waals surface area contributed by atoms with E-state index in [1.807, 2.05) is 4.90 Å². The van der Waals surface area contributed by atoms with Crippen molar-refractivity contribution in [3.63, 3.8) is 0 Å². The molecule has 0 radical (unpaired) electrons. The van der Waals surface area contributed by atoms with Gasteiger partial charge < -0.3 is 19.4 Å². The number of nitrogens with one attached hydrogen (secondary N) is 1. The summed E-state index contributed by atoms with van der Waals surface area (Å²) in [6, 6.07) is 7.92. The maximum absolute atomic E-state index is 12.5. The van der Waals surface area contributed by atoms with Gasteiger partial charge in [0.2, 0.25) is 5.91 Å². The number of hydrogen-bond donors (Lipinski definition) is 1. The van der Waals surface area contributed by atoms with E-state index in [4.69, 9.17) is 9.15 Å². The molecule has 2 heterocycles. The molecule has 3 rings (SSSR count). The molecule has 8 nitrogen and oxygen atoms in total. The SMILES string of the molecule is COc1cc(N2CCC[C@H]2C(=O)NCc2ccco2)ccc1[N+](=O)[O-]. The summed E-state index contributed by atoms with van der Waals surface area (Å²) < 4.78 is 10.3. The van der Waals surface area contributed by atoms with Crippen molar-refractivity contribution in [1.82, 2.24) is 5.32 Å². The van der Waals surface area contributed by atoms with E-state index in [1.54, 1.807) is 30.5 Å². The van der Waals surface area contributed by atoms with Crippen molar-refractivity contribution in [2.45, 2.75) is 25.4 Å². The molecule has 1 aliphatic heterocycles. The molecule has 132 valence electrons. The van der Waals surface area contributed by atoms with E-state index in [2.05, 4.69) is 5.32 Å². The molecule has 1 fully saturated rings. The second-order valence-electron chi connectivity index (χ2n) is 5.76. The van der Waals surface area contributed by atoms with Crippen molar-refractivity contribution in [2.75, 3.05) is 18.6 Å². The topological polar surface area (TPSA) is 97.8 Å². The minimum absolute atomic E-state index is 0.0915. The Bertz CT molecular complexity index is 760. The lowest BCUT2D eigenvalue weighted by molar-refractivity contribution is -0.385. The van der Waals surface area contributed by atoms with E-state index in [0.717, 1.165) is 18.5 Å². The Labute approximate surface area is 144 Å². The van der Waals surface area contributed by atoms with Crippen LogP contribution in [0.1, 0.15) is 18.6 Å². The smallest absolute Gasteiger partial charge is 0.311 e. The summed E-state index contributed by atoms with van der Waals surface area (Å²) in [6.07, 6.45) is 3.16. The van der Waals surface area contributed by atoms with Gasteiger partial charge in [-0.25, -0.2) is 0 Å². The van der Waals surface area contributed by atoms with Gasteiger partial charge in [0.05, 0.1) is 24.8 Å². The summed E-state index contributed by atoms with van der Waals surface area (Å²) in [5.74, 6) is 0.783. The summed E-state index contributed by atoms with van der Waals surface area (Å²) in [7, 11) is 1.39. The van der Waals surface area contributed by atoms with Crippen LogP contribution in [0.25, 0.3) is 0 Å². The van der Waals surface area contributed by atoms with Crippen LogP contribution in [0.15, 0.2) is 41.0 Å². The Kier molecular flexibility index (Phi) is 4.87. The molecule has 0 bridgehead atoms. The lowest BCUT2D eigenvalue weighted by Gasteiger charge is -2.26. The van der Waals surface area contributed by atoms with Gasteiger partial charge in [-0.3, -0.25) is 14.9 Å². The van der Waals surface area contributed by atoms with Crippen molar-refractivity contribution in [3.05, 3.63) is 52.5 Å². The molecule has 1 saturated heterocycles. The lowest BCUT2D eigenvalue weighted by atomic mass is 10.1. The van der Waals surface area contributed by atoms with Crippen LogP contribution in [0.5, 0.6) is 5.75 Å². The molecule has 2 aromatic rings. The van der Waals surface area contributed by atoms with Crippen LogP contribution in [0.3, 0.4) is 0 Å². The van der Waals surface area contributed by atoms with Crippen molar-refractivity contribution in [1.29, 1.82) is 0 Å². The maximum atomic E-state index is 12.5. The quantitative estimate of drug-likeness (QED) is 0.638. The molecule has 1 atom stereocenters. The molecule has 0 aliphatic carbocycles. The van der Waals surface area contributed by atoms with Crippen LogP contribution in [0.4, 0.5) is 11.4 Å². The number of nitro benzene ring substituents is 1. The summed E-state index contributed by atoms with van der Waals surface area (Å²) in [6.45, 7) is 1.04. The van der Waals surface area contributed by atoms with Crippen LogP contribution < -0.4 is 15.0 Å². The van der Waals surface area contributed by atoms with Gasteiger partial charge in [-0.1, -0.05) is 0 Å². The monoisotopic (exact) mass is 345 g/mol. The summed E-state index contributed by atoms with van der Waals surface area (Å²) in [4.78, 5) is 25.0. The molecule has 25 heavy (non-hydrogen) atoms. The maximum Gasteiger partial charge on any atom is 0.311 e. The van der Waals surface area contributed by atoms with Gasteiger partial charge in [-0.15, -0.1) is 0 Å². The second-order valence-corrected chi connectivity index (χ2v) is 5.76. The first-order valence-corrected chi connectivity index (χ1v) is 7.99. The molecule has 1 aromatic carbocycles. The normalized spacial score (nSPS) is 16.7. The highest BCUT2D eigenvalue weighted by Crippen LogP contribution is 2.34. The zero-order chi connectivity index (χ0) is 17.8. The third kappa shape index (κ3) is 3.57. The highest BCUT2D eigenvalue weighted by Gasteiger charge is 2.31. The van der Waals surface area contributed by atoms with Crippen LogP contribution in [0, 0.1) is 10.1 Å². The number of rotatable bonds is 6. The van der Waals surface area contributed by atoms with Gasteiger partial charge in [0, 0.05) is 24.4 Å². The first kappa shape index (κ1) is 16.8. The number of amides is 1. The van der Waals surface area contributed by atoms with E-state index in [1.165, 1.54) is 13.2 Å². The van der Waals surface area contributed by atoms with E-state index >= 15 is 0 Å². The summed E-state index contributed by atoms with van der Waals surface area (Å²) in [5.41, 5.74) is 0.641. The number of furan rings is 1. The molecule has 0 unspecified atom stereocenters. The molecule has 1 aromatic heterocycles. The van der Waals surface area contributed by atoms with Gasteiger partial charge in [0.25, 0.3) is 0 Å². The van der Waals surface area contributed by atoms with Crippen LogP contribution >= 0.6 is 0 Å². The molecular formula is C17H19N3O5. The Balaban J connectivity index is 1.74. The predicted octanol–water partition coefficient (Wildman–Crippen LogP) is 2.48. The number of hydrogen-bond acceptors (Lipinski definition) is 6. The zero-order valence-electron chi connectivity index (χ0n) is 13.8. The molecule has 0 saturated carbocycles. The molecular weight excluding hydrogens is 326 g/mol. The largest absolute Gasteiger partial charge is 0.490 e. The fourth-order valence-electron chi connectivity index (χ4n) is 3.05. The molecule has 1 amide bonds. The highest BCUT2D eigenvalue weighted by molar-refractivity contribution is 5.86. The summed E-state index contributed by atoms with van der Waals surface area (Å²) >= 11 is 0. The Morgan fingerprint density at radius 3 is 3.00 bits per heavy atom. The van der Waals surface area contributed by atoms with Gasteiger partial charge >= 0.3 is 5.69 Å². The first-order valence-electron chi connectivity index (χ1n) is 7.99. The van der Waals surface area contributed by atoms with Crippen molar-refractivity contribution in [3.8, 4) is 5.75 Å². The molecule has 1 aliphatic rings. The minimum atomic E-state index is -0.486. The fraction of sp³-hybridized carbons (Fsp3) is 0.353. The number of anilines is 1. The molecule has 1 N–H and O–H groups in total. The van der Waals surface area contributed by atoms with Gasteiger partial charge in [0.1, 0.15) is 11.8 Å². The first-order chi connectivity index (χ1) is 12.1. The second kappa shape index (κ2) is 7.25. The van der Waals surface area contributed by atoms with Crippen LogP contribution in [0.2, 0.25) is 0 Å². The average Bonchev–Trinajstić information content (AvgIpc) is 3.30. The van der Waals surface area contributed by atoms with Crippen molar-refractivity contribution < 1.29 is 18.9 Å². The van der Waals surface area contributed by atoms with E-state index < -0.39 is 4.92 Å². The van der Waals surface area contributed by atoms with E-state index in [0.29, 0.717) is 18.8 Å². The fourth-order valence-corrected chi connectivity index (χ4v) is 3.05. The van der Waals surface area contributed by atoms with Crippen LogP contribution in [-0.2, 0) is 11.3 Å². The number of carbonyl (C=O) groups excluding carboxylic acids is 1. The van der Waals surface area contributed by atoms with E-state index in [9.17, 15) is 14.9 Å². The third-order valence-electron chi connectivity index (χ3n) is 4.26.